The fraction of sp³-hybridized carbons (Fsp3) is 0.467. The summed E-state index contributed by atoms with van der Waals surface area (Å²) in [7, 11) is 0. The predicted molar refractivity (Wildman–Crippen MR) is 93.3 cm³/mol. The SMILES string of the molecule is CCSCCC(C)NC(=O)c1sc2nccc(C)c2c1N. The van der Waals surface area contributed by atoms with E-state index in [0.717, 1.165) is 33.7 Å². The van der Waals surface area contributed by atoms with E-state index in [1.165, 1.54) is 11.3 Å². The number of carbonyl (C=O) groups is 1. The summed E-state index contributed by atoms with van der Waals surface area (Å²) in [5.74, 6) is 2.07. The van der Waals surface area contributed by atoms with Crippen molar-refractivity contribution in [3.8, 4) is 0 Å². The number of thiophene rings is 1. The van der Waals surface area contributed by atoms with E-state index in [1.54, 1.807) is 6.20 Å². The first-order valence-corrected chi connectivity index (χ1v) is 9.03. The third-order valence-electron chi connectivity index (χ3n) is 3.32. The minimum absolute atomic E-state index is 0.0936. The molecule has 2 rings (SSSR count). The molecule has 1 amide bonds. The molecule has 0 saturated heterocycles. The molecule has 3 N–H and O–H groups in total. The molecule has 0 saturated carbocycles. The zero-order chi connectivity index (χ0) is 15.4. The molecule has 2 heterocycles. The zero-order valence-electron chi connectivity index (χ0n) is 12.6. The highest BCUT2D eigenvalue weighted by Crippen LogP contribution is 2.34. The number of nitrogens with zero attached hydrogens (tertiary/aromatic N) is 1. The Bertz CT molecular complexity index is 639. The zero-order valence-corrected chi connectivity index (χ0v) is 14.2. The van der Waals surface area contributed by atoms with E-state index in [1.807, 2.05) is 31.7 Å². The van der Waals surface area contributed by atoms with Gasteiger partial charge in [-0.1, -0.05) is 6.92 Å². The summed E-state index contributed by atoms with van der Waals surface area (Å²) in [4.78, 5) is 18.1. The van der Waals surface area contributed by atoms with Crippen molar-refractivity contribution in [2.45, 2.75) is 33.2 Å². The number of carbonyl (C=O) groups excluding carboxylic acids is 1. The maximum absolute atomic E-state index is 12.4. The van der Waals surface area contributed by atoms with Gasteiger partial charge in [0, 0.05) is 17.6 Å². The van der Waals surface area contributed by atoms with E-state index in [4.69, 9.17) is 5.73 Å². The van der Waals surface area contributed by atoms with Gasteiger partial charge in [0.05, 0.1) is 5.69 Å². The molecule has 21 heavy (non-hydrogen) atoms. The van der Waals surface area contributed by atoms with Crippen molar-refractivity contribution < 1.29 is 4.79 Å². The fourth-order valence-corrected chi connectivity index (χ4v) is 3.99. The largest absolute Gasteiger partial charge is 0.397 e. The third kappa shape index (κ3) is 3.68. The minimum Gasteiger partial charge on any atom is -0.397 e. The second-order valence-corrected chi connectivity index (χ2v) is 7.41. The van der Waals surface area contributed by atoms with Gasteiger partial charge in [0.25, 0.3) is 5.91 Å². The van der Waals surface area contributed by atoms with Crippen LogP contribution in [-0.2, 0) is 0 Å². The van der Waals surface area contributed by atoms with Gasteiger partial charge < -0.3 is 11.1 Å². The van der Waals surface area contributed by atoms with Gasteiger partial charge in [0.2, 0.25) is 0 Å². The summed E-state index contributed by atoms with van der Waals surface area (Å²) in [5, 5.41) is 3.93. The molecule has 114 valence electrons. The van der Waals surface area contributed by atoms with Crippen LogP contribution >= 0.6 is 23.1 Å². The average Bonchev–Trinajstić information content (AvgIpc) is 2.78. The van der Waals surface area contributed by atoms with Crippen LogP contribution in [0.2, 0.25) is 0 Å². The topological polar surface area (TPSA) is 68.0 Å². The standard InChI is InChI=1S/C15H21N3OS2/c1-4-20-8-6-10(3)18-14(19)13-12(16)11-9(2)5-7-17-15(11)21-13/h5,7,10H,4,6,8,16H2,1-3H3,(H,18,19). The fourth-order valence-electron chi connectivity index (χ4n) is 2.14. The van der Waals surface area contributed by atoms with E-state index in [-0.39, 0.29) is 11.9 Å². The number of nitrogens with two attached hydrogens (primary N) is 1. The Labute approximate surface area is 133 Å². The highest BCUT2D eigenvalue weighted by molar-refractivity contribution is 7.99. The van der Waals surface area contributed by atoms with E-state index in [9.17, 15) is 4.79 Å². The smallest absolute Gasteiger partial charge is 0.263 e. The number of amides is 1. The number of hydrogen-bond donors (Lipinski definition) is 2. The molecule has 4 nitrogen and oxygen atoms in total. The van der Waals surface area contributed by atoms with Crippen molar-refractivity contribution in [3.63, 3.8) is 0 Å². The molecule has 1 unspecified atom stereocenters. The Hall–Kier alpha value is -1.27. The van der Waals surface area contributed by atoms with Crippen LogP contribution in [0.15, 0.2) is 12.3 Å². The predicted octanol–water partition coefficient (Wildman–Crippen LogP) is 3.45. The highest BCUT2D eigenvalue weighted by Gasteiger charge is 2.19. The van der Waals surface area contributed by atoms with Gasteiger partial charge in [-0.2, -0.15) is 11.8 Å². The molecule has 0 aliphatic carbocycles. The number of fused-ring (bicyclic) bond motifs is 1. The second kappa shape index (κ2) is 7.13. The number of nitrogens with one attached hydrogen (secondary N) is 1. The molecule has 0 bridgehead atoms. The first kappa shape index (κ1) is 16.1. The summed E-state index contributed by atoms with van der Waals surface area (Å²) in [6.45, 7) is 6.15. The molecule has 6 heteroatoms. The van der Waals surface area contributed by atoms with Gasteiger partial charge in [-0.15, -0.1) is 11.3 Å². The summed E-state index contributed by atoms with van der Waals surface area (Å²) in [6.07, 6.45) is 2.71. The maximum Gasteiger partial charge on any atom is 0.263 e. The van der Waals surface area contributed by atoms with Gasteiger partial charge in [-0.25, -0.2) is 4.98 Å². The number of anilines is 1. The molecule has 0 aliphatic rings. The van der Waals surface area contributed by atoms with Crippen LogP contribution in [0.4, 0.5) is 5.69 Å². The van der Waals surface area contributed by atoms with Gasteiger partial charge in [-0.3, -0.25) is 4.79 Å². The first-order chi connectivity index (χ1) is 10.0. The molecular weight excluding hydrogens is 302 g/mol. The third-order valence-corrected chi connectivity index (χ3v) is 5.37. The minimum atomic E-state index is -0.0936. The Morgan fingerprint density at radius 3 is 3.00 bits per heavy atom. The van der Waals surface area contributed by atoms with Gasteiger partial charge in [0.15, 0.2) is 0 Å². The summed E-state index contributed by atoms with van der Waals surface area (Å²) < 4.78 is 0. The number of hydrogen-bond acceptors (Lipinski definition) is 5. The van der Waals surface area contributed by atoms with Crippen molar-refractivity contribution in [2.75, 3.05) is 17.2 Å². The van der Waals surface area contributed by atoms with E-state index >= 15 is 0 Å². The molecule has 0 aliphatic heterocycles. The lowest BCUT2D eigenvalue weighted by atomic mass is 10.1. The first-order valence-electron chi connectivity index (χ1n) is 7.06. The van der Waals surface area contributed by atoms with E-state index in [2.05, 4.69) is 17.2 Å². The van der Waals surface area contributed by atoms with Crippen LogP contribution in [0, 0.1) is 6.92 Å². The molecule has 0 aromatic carbocycles. The molecule has 0 fully saturated rings. The highest BCUT2D eigenvalue weighted by atomic mass is 32.2. The molecular formula is C15H21N3OS2. The number of nitrogen functional groups attached to an aromatic ring is 1. The number of thioether (sulfide) groups is 1. The lowest BCUT2D eigenvalue weighted by Gasteiger charge is -2.13. The lowest BCUT2D eigenvalue weighted by Crippen LogP contribution is -2.32. The van der Waals surface area contributed by atoms with Crippen LogP contribution < -0.4 is 11.1 Å². The normalized spacial score (nSPS) is 12.5. The van der Waals surface area contributed by atoms with Crippen LogP contribution in [0.5, 0.6) is 0 Å². The Morgan fingerprint density at radius 2 is 2.33 bits per heavy atom. The van der Waals surface area contributed by atoms with Crippen LogP contribution in [0.3, 0.4) is 0 Å². The van der Waals surface area contributed by atoms with E-state index in [0.29, 0.717) is 10.6 Å². The van der Waals surface area contributed by atoms with Crippen molar-refractivity contribution in [1.29, 1.82) is 0 Å². The second-order valence-electron chi connectivity index (χ2n) is 5.01. The van der Waals surface area contributed by atoms with Crippen molar-refractivity contribution >= 4 is 44.9 Å². The monoisotopic (exact) mass is 323 g/mol. The molecule has 1 atom stereocenters. The summed E-state index contributed by atoms with van der Waals surface area (Å²) >= 11 is 3.25. The number of aryl methyl sites for hydroxylation is 1. The quantitative estimate of drug-likeness (QED) is 0.799. The van der Waals surface area contributed by atoms with E-state index < -0.39 is 0 Å². The van der Waals surface area contributed by atoms with Crippen molar-refractivity contribution in [1.82, 2.24) is 10.3 Å². The summed E-state index contributed by atoms with van der Waals surface area (Å²) in [6, 6.07) is 2.06. The average molecular weight is 323 g/mol. The van der Waals surface area contributed by atoms with Crippen LogP contribution in [0.1, 0.15) is 35.5 Å². The molecule has 2 aromatic heterocycles. The van der Waals surface area contributed by atoms with Gasteiger partial charge in [0.1, 0.15) is 9.71 Å². The molecule has 2 aromatic rings. The number of rotatable bonds is 6. The summed E-state index contributed by atoms with van der Waals surface area (Å²) in [5.41, 5.74) is 7.75. The maximum atomic E-state index is 12.4. The van der Waals surface area contributed by atoms with Crippen molar-refractivity contribution in [2.24, 2.45) is 0 Å². The Morgan fingerprint density at radius 1 is 1.57 bits per heavy atom. The van der Waals surface area contributed by atoms with Gasteiger partial charge in [-0.05, 0) is 43.4 Å². The molecule has 0 spiro atoms. The van der Waals surface area contributed by atoms with Crippen molar-refractivity contribution in [3.05, 3.63) is 22.7 Å². The van der Waals surface area contributed by atoms with Crippen LogP contribution in [-0.4, -0.2) is 28.4 Å². The van der Waals surface area contributed by atoms with Crippen LogP contribution in [0.25, 0.3) is 10.2 Å². The Kier molecular flexibility index (Phi) is 5.47. The Balaban J connectivity index is 2.13. The lowest BCUT2D eigenvalue weighted by molar-refractivity contribution is 0.0944. The van der Waals surface area contributed by atoms with Gasteiger partial charge >= 0.3 is 0 Å². The number of aromatic nitrogens is 1. The molecule has 0 radical (unpaired) electrons. The number of pyridine rings is 1.